The zero-order valence-corrected chi connectivity index (χ0v) is 15.4. The van der Waals surface area contributed by atoms with Gasteiger partial charge in [-0.2, -0.15) is 0 Å². The topological polar surface area (TPSA) is 57.7 Å². The summed E-state index contributed by atoms with van der Waals surface area (Å²) < 4.78 is 5.03. The molecular weight excluding hydrogens is 336 g/mol. The molecule has 0 amide bonds. The number of benzene rings is 2. The van der Waals surface area contributed by atoms with E-state index in [0.29, 0.717) is 19.7 Å². The molecule has 0 aromatic heterocycles. The van der Waals surface area contributed by atoms with Crippen molar-refractivity contribution in [3.63, 3.8) is 0 Å². The summed E-state index contributed by atoms with van der Waals surface area (Å²) in [6.07, 6.45) is 0. The van der Waals surface area contributed by atoms with Crippen LogP contribution in [0, 0.1) is 0 Å². The van der Waals surface area contributed by atoms with E-state index in [-0.39, 0.29) is 0 Å². The number of anilines is 1. The predicted molar refractivity (Wildman–Crippen MR) is 105 cm³/mol. The molecule has 0 bridgehead atoms. The van der Waals surface area contributed by atoms with Gasteiger partial charge in [0.25, 0.3) is 0 Å². The zero-order chi connectivity index (χ0) is 17.9. The van der Waals surface area contributed by atoms with E-state index in [1.54, 1.807) is 14.2 Å². The summed E-state index contributed by atoms with van der Waals surface area (Å²) in [5.74, 6) is 0.738. The van der Waals surface area contributed by atoms with E-state index in [1.165, 1.54) is 5.56 Å². The number of guanidine groups is 1. The normalized spacial score (nSPS) is 11.2. The van der Waals surface area contributed by atoms with E-state index < -0.39 is 0 Å². The molecule has 0 saturated heterocycles. The second-order valence-corrected chi connectivity index (χ2v) is 5.89. The molecule has 2 rings (SSSR count). The van der Waals surface area contributed by atoms with E-state index in [4.69, 9.17) is 16.3 Å². The summed E-state index contributed by atoms with van der Waals surface area (Å²) in [6, 6.07) is 16.1. The summed E-state index contributed by atoms with van der Waals surface area (Å²) in [5, 5.41) is 10.6. The Morgan fingerprint density at radius 1 is 1.04 bits per heavy atom. The van der Waals surface area contributed by atoms with Crippen LogP contribution < -0.4 is 16.0 Å². The Hall–Kier alpha value is -2.24. The first-order valence-electron chi connectivity index (χ1n) is 8.22. The van der Waals surface area contributed by atoms with Crippen LogP contribution in [-0.2, 0) is 17.8 Å². The SMILES string of the molecule is CN=C(NCc1ccc(NCCOC)cc1)NCc1ccccc1Cl. The van der Waals surface area contributed by atoms with Gasteiger partial charge in [-0.3, -0.25) is 4.99 Å². The van der Waals surface area contributed by atoms with E-state index in [0.717, 1.165) is 28.8 Å². The third-order valence-electron chi connectivity index (χ3n) is 3.68. The highest BCUT2D eigenvalue weighted by Gasteiger charge is 2.02. The third kappa shape index (κ3) is 6.64. The van der Waals surface area contributed by atoms with E-state index in [9.17, 15) is 0 Å². The molecule has 0 atom stereocenters. The third-order valence-corrected chi connectivity index (χ3v) is 4.05. The van der Waals surface area contributed by atoms with Gasteiger partial charge in [0.2, 0.25) is 0 Å². The minimum Gasteiger partial charge on any atom is -0.383 e. The van der Waals surface area contributed by atoms with Crippen molar-refractivity contribution in [1.82, 2.24) is 10.6 Å². The molecule has 25 heavy (non-hydrogen) atoms. The van der Waals surface area contributed by atoms with Gasteiger partial charge >= 0.3 is 0 Å². The predicted octanol–water partition coefficient (Wildman–Crippen LogP) is 3.26. The van der Waals surface area contributed by atoms with Crippen molar-refractivity contribution in [2.75, 3.05) is 32.6 Å². The summed E-state index contributed by atoms with van der Waals surface area (Å²) >= 11 is 6.17. The first-order chi connectivity index (χ1) is 12.2. The second kappa shape index (κ2) is 10.6. The molecule has 2 aromatic carbocycles. The quantitative estimate of drug-likeness (QED) is 0.384. The van der Waals surface area contributed by atoms with Gasteiger partial charge in [-0.25, -0.2) is 0 Å². The van der Waals surface area contributed by atoms with E-state index in [1.807, 2.05) is 24.3 Å². The fraction of sp³-hybridized carbons (Fsp3) is 0.316. The fourth-order valence-electron chi connectivity index (χ4n) is 2.26. The average Bonchev–Trinajstić information content (AvgIpc) is 2.64. The van der Waals surface area contributed by atoms with Gasteiger partial charge in [-0.15, -0.1) is 0 Å². The lowest BCUT2D eigenvalue weighted by molar-refractivity contribution is 0.211. The summed E-state index contributed by atoms with van der Waals surface area (Å²) in [5.41, 5.74) is 3.30. The maximum absolute atomic E-state index is 6.17. The molecule has 0 fully saturated rings. The highest BCUT2D eigenvalue weighted by atomic mass is 35.5. The molecule has 0 saturated carbocycles. The maximum atomic E-state index is 6.17. The molecule has 0 spiro atoms. The lowest BCUT2D eigenvalue weighted by Crippen LogP contribution is -2.36. The van der Waals surface area contributed by atoms with Gasteiger partial charge in [0, 0.05) is 44.5 Å². The van der Waals surface area contributed by atoms with Gasteiger partial charge in [0.05, 0.1) is 6.61 Å². The van der Waals surface area contributed by atoms with Crippen LogP contribution in [0.15, 0.2) is 53.5 Å². The highest BCUT2D eigenvalue weighted by Crippen LogP contribution is 2.14. The van der Waals surface area contributed by atoms with Crippen LogP contribution in [0.25, 0.3) is 0 Å². The number of hydrogen-bond acceptors (Lipinski definition) is 3. The first kappa shape index (κ1) is 19.1. The van der Waals surface area contributed by atoms with Gasteiger partial charge in [-0.05, 0) is 29.3 Å². The van der Waals surface area contributed by atoms with Gasteiger partial charge in [0.1, 0.15) is 0 Å². The molecule has 6 heteroatoms. The second-order valence-electron chi connectivity index (χ2n) is 5.49. The van der Waals surface area contributed by atoms with Crippen molar-refractivity contribution in [1.29, 1.82) is 0 Å². The van der Waals surface area contributed by atoms with Crippen LogP contribution in [0.4, 0.5) is 5.69 Å². The fourth-order valence-corrected chi connectivity index (χ4v) is 2.47. The Kier molecular flexibility index (Phi) is 8.09. The summed E-state index contributed by atoms with van der Waals surface area (Å²) in [4.78, 5) is 4.24. The molecule has 5 nitrogen and oxygen atoms in total. The van der Waals surface area contributed by atoms with Crippen LogP contribution in [-0.4, -0.2) is 33.3 Å². The van der Waals surface area contributed by atoms with Crippen molar-refractivity contribution < 1.29 is 4.74 Å². The Bertz CT molecular complexity index is 673. The molecule has 0 heterocycles. The number of aliphatic imine (C=N–C) groups is 1. The van der Waals surface area contributed by atoms with Gasteiger partial charge in [-0.1, -0.05) is 41.9 Å². The molecule has 0 aliphatic rings. The summed E-state index contributed by atoms with van der Waals surface area (Å²) in [7, 11) is 3.45. The van der Waals surface area contributed by atoms with E-state index in [2.05, 4.69) is 45.2 Å². The van der Waals surface area contributed by atoms with Crippen LogP contribution in [0.5, 0.6) is 0 Å². The van der Waals surface area contributed by atoms with Crippen molar-refractivity contribution in [2.45, 2.75) is 13.1 Å². The summed E-state index contributed by atoms with van der Waals surface area (Å²) in [6.45, 7) is 2.81. The molecule has 2 aromatic rings. The number of halogens is 1. The van der Waals surface area contributed by atoms with Crippen molar-refractivity contribution in [2.24, 2.45) is 4.99 Å². The number of methoxy groups -OCH3 is 1. The minimum absolute atomic E-state index is 0.627. The monoisotopic (exact) mass is 360 g/mol. The largest absolute Gasteiger partial charge is 0.383 e. The van der Waals surface area contributed by atoms with Crippen LogP contribution in [0.3, 0.4) is 0 Å². The standard InChI is InChI=1S/C19H25ClN4O/c1-21-19(24-14-16-5-3-4-6-18(16)20)23-13-15-7-9-17(10-8-15)22-11-12-25-2/h3-10,22H,11-14H2,1-2H3,(H2,21,23,24). The van der Waals surface area contributed by atoms with Crippen molar-refractivity contribution >= 4 is 23.2 Å². The smallest absolute Gasteiger partial charge is 0.191 e. The average molecular weight is 361 g/mol. The van der Waals surface area contributed by atoms with E-state index >= 15 is 0 Å². The lowest BCUT2D eigenvalue weighted by Gasteiger charge is -2.13. The first-order valence-corrected chi connectivity index (χ1v) is 8.60. The molecule has 3 N–H and O–H groups in total. The molecule has 134 valence electrons. The van der Waals surface area contributed by atoms with Crippen molar-refractivity contribution in [3.05, 3.63) is 64.7 Å². The molecule has 0 unspecified atom stereocenters. The Balaban J connectivity index is 1.79. The minimum atomic E-state index is 0.627. The highest BCUT2D eigenvalue weighted by molar-refractivity contribution is 6.31. The van der Waals surface area contributed by atoms with Crippen molar-refractivity contribution in [3.8, 4) is 0 Å². The Labute approximate surface area is 154 Å². The number of rotatable bonds is 8. The molecule has 0 radical (unpaired) electrons. The van der Waals surface area contributed by atoms with Crippen LogP contribution in [0.2, 0.25) is 5.02 Å². The molecule has 0 aliphatic carbocycles. The number of hydrogen-bond donors (Lipinski definition) is 3. The van der Waals surface area contributed by atoms with Gasteiger partial charge in [0.15, 0.2) is 5.96 Å². The molecule has 0 aliphatic heterocycles. The van der Waals surface area contributed by atoms with Crippen LogP contribution >= 0.6 is 11.6 Å². The van der Waals surface area contributed by atoms with Gasteiger partial charge < -0.3 is 20.7 Å². The lowest BCUT2D eigenvalue weighted by atomic mass is 10.2. The molecular formula is C19H25ClN4O. The maximum Gasteiger partial charge on any atom is 0.191 e. The number of nitrogens with zero attached hydrogens (tertiary/aromatic N) is 1. The number of nitrogens with one attached hydrogen (secondary N) is 3. The Morgan fingerprint density at radius 2 is 1.76 bits per heavy atom. The Morgan fingerprint density at radius 3 is 2.44 bits per heavy atom. The zero-order valence-electron chi connectivity index (χ0n) is 14.7. The van der Waals surface area contributed by atoms with Crippen LogP contribution in [0.1, 0.15) is 11.1 Å². The number of ether oxygens (including phenoxy) is 1.